The van der Waals surface area contributed by atoms with Crippen LogP contribution in [-0.2, 0) is 21.3 Å². The lowest BCUT2D eigenvalue weighted by molar-refractivity contribution is 0.213. The van der Waals surface area contributed by atoms with E-state index in [1.807, 2.05) is 30.3 Å². The normalized spacial score (nSPS) is 15.2. The first kappa shape index (κ1) is 16.3. The summed E-state index contributed by atoms with van der Waals surface area (Å²) in [5.74, 6) is 1.05. The molecule has 126 valence electrons. The Balaban J connectivity index is 2.06. The number of anilines is 1. The molecule has 3 rings (SSSR count). The predicted octanol–water partition coefficient (Wildman–Crippen LogP) is 3.15. The van der Waals surface area contributed by atoms with Crippen molar-refractivity contribution in [3.8, 4) is 11.5 Å². The molecule has 0 atom stereocenters. The van der Waals surface area contributed by atoms with E-state index < -0.39 is 10.0 Å². The Labute approximate surface area is 141 Å². The van der Waals surface area contributed by atoms with Crippen LogP contribution in [0, 0.1) is 0 Å². The third-order valence-corrected chi connectivity index (χ3v) is 4.21. The Kier molecular flexibility index (Phi) is 4.44. The minimum absolute atomic E-state index is 0.416. The quantitative estimate of drug-likeness (QED) is 0.844. The van der Waals surface area contributed by atoms with Gasteiger partial charge in [-0.2, -0.15) is 0 Å². The van der Waals surface area contributed by atoms with Gasteiger partial charge in [-0.3, -0.25) is 4.72 Å². The molecular weight excluding hydrogens is 328 g/mol. The number of nitrogens with zero attached hydrogens (tertiary/aromatic N) is 1. The molecule has 0 heterocycles. The van der Waals surface area contributed by atoms with Gasteiger partial charge in [-0.05, 0) is 42.7 Å². The maximum atomic E-state index is 11.7. The molecule has 1 aliphatic carbocycles. The molecule has 0 aromatic heterocycles. The lowest BCUT2D eigenvalue weighted by Gasteiger charge is -2.14. The monoisotopic (exact) mass is 346 g/mol. The van der Waals surface area contributed by atoms with Gasteiger partial charge in [0.15, 0.2) is 5.75 Å². The Morgan fingerprint density at radius 3 is 2.54 bits per heavy atom. The fraction of sp³-hybridized carbons (Fsp3) is 0.235. The van der Waals surface area contributed by atoms with Gasteiger partial charge >= 0.3 is 0 Å². The van der Waals surface area contributed by atoms with E-state index in [-0.39, 0.29) is 0 Å². The third-order valence-electron chi connectivity index (χ3n) is 3.62. The molecule has 0 radical (unpaired) electrons. The molecule has 2 aromatic rings. The van der Waals surface area contributed by atoms with E-state index in [1.165, 1.54) is 7.11 Å². The summed E-state index contributed by atoms with van der Waals surface area (Å²) in [6.45, 7) is 0. The molecule has 0 unspecified atom stereocenters. The van der Waals surface area contributed by atoms with Crippen molar-refractivity contribution >= 4 is 21.4 Å². The summed E-state index contributed by atoms with van der Waals surface area (Å²) in [7, 11) is -1.91. The van der Waals surface area contributed by atoms with Crippen molar-refractivity contribution in [1.82, 2.24) is 0 Å². The summed E-state index contributed by atoms with van der Waals surface area (Å²) in [5.41, 5.74) is 3.18. The zero-order chi connectivity index (χ0) is 17.2. The van der Waals surface area contributed by atoms with Gasteiger partial charge in [-0.1, -0.05) is 23.4 Å². The van der Waals surface area contributed by atoms with Gasteiger partial charge in [0.1, 0.15) is 12.9 Å². The van der Waals surface area contributed by atoms with Crippen molar-refractivity contribution in [1.29, 1.82) is 0 Å². The molecule has 0 amide bonds. The number of ether oxygens (including phenoxy) is 1. The number of aryl methyl sites for hydroxylation is 1. The third kappa shape index (κ3) is 3.68. The molecule has 0 spiro atoms. The van der Waals surface area contributed by atoms with Crippen LogP contribution >= 0.6 is 0 Å². The van der Waals surface area contributed by atoms with Crippen LogP contribution in [0.25, 0.3) is 0 Å². The molecule has 0 saturated carbocycles. The highest BCUT2D eigenvalue weighted by Crippen LogP contribution is 2.36. The van der Waals surface area contributed by atoms with E-state index >= 15 is 0 Å². The number of rotatable bonds is 5. The Bertz CT molecular complexity index is 877. The van der Waals surface area contributed by atoms with Crippen LogP contribution in [0.5, 0.6) is 11.5 Å². The second-order valence-corrected chi connectivity index (χ2v) is 7.26. The second kappa shape index (κ2) is 6.52. The number of hydrogen-bond acceptors (Lipinski definition) is 5. The first-order chi connectivity index (χ1) is 11.5. The van der Waals surface area contributed by atoms with Crippen molar-refractivity contribution in [3.63, 3.8) is 0 Å². The number of nitrogens with one attached hydrogen (secondary N) is 1. The molecule has 1 N–H and O–H groups in total. The fourth-order valence-corrected chi connectivity index (χ4v) is 3.23. The van der Waals surface area contributed by atoms with E-state index in [0.717, 1.165) is 35.9 Å². The number of fused-ring (bicyclic) bond motifs is 1. The molecule has 0 saturated heterocycles. The van der Waals surface area contributed by atoms with Crippen LogP contribution in [0.15, 0.2) is 47.6 Å². The topological polar surface area (TPSA) is 77.0 Å². The molecule has 0 aliphatic heterocycles. The molecular formula is C17H18N2O4S. The maximum Gasteiger partial charge on any atom is 0.229 e. The number of hydrogen-bond donors (Lipinski definition) is 1. The summed E-state index contributed by atoms with van der Waals surface area (Å²) in [5, 5.41) is 4.04. The number of para-hydroxylation sites is 1. The lowest BCUT2D eigenvalue weighted by atomic mass is 10.1. The molecule has 0 bridgehead atoms. The van der Waals surface area contributed by atoms with E-state index in [0.29, 0.717) is 17.2 Å². The van der Waals surface area contributed by atoms with Crippen molar-refractivity contribution in [2.75, 3.05) is 18.1 Å². The van der Waals surface area contributed by atoms with E-state index in [9.17, 15) is 8.42 Å². The summed E-state index contributed by atoms with van der Waals surface area (Å²) >= 11 is 0. The molecule has 2 aromatic carbocycles. The van der Waals surface area contributed by atoms with Crippen LogP contribution in [0.4, 0.5) is 5.69 Å². The van der Waals surface area contributed by atoms with E-state index in [2.05, 4.69) is 9.88 Å². The highest BCUT2D eigenvalue weighted by atomic mass is 32.2. The lowest BCUT2D eigenvalue weighted by Crippen LogP contribution is -2.11. The second-order valence-electron chi connectivity index (χ2n) is 5.52. The Morgan fingerprint density at radius 2 is 1.88 bits per heavy atom. The maximum absolute atomic E-state index is 11.7. The average molecular weight is 346 g/mol. The van der Waals surface area contributed by atoms with Crippen LogP contribution in [0.1, 0.15) is 17.5 Å². The first-order valence-corrected chi connectivity index (χ1v) is 9.33. The van der Waals surface area contributed by atoms with Gasteiger partial charge < -0.3 is 9.57 Å². The zero-order valence-electron chi connectivity index (χ0n) is 13.4. The van der Waals surface area contributed by atoms with Gasteiger partial charge in [0.2, 0.25) is 10.0 Å². The smallest absolute Gasteiger partial charge is 0.229 e. The van der Waals surface area contributed by atoms with Crippen molar-refractivity contribution in [2.45, 2.75) is 12.8 Å². The molecule has 1 aliphatic rings. The minimum atomic E-state index is -3.42. The van der Waals surface area contributed by atoms with E-state index in [1.54, 1.807) is 12.1 Å². The summed E-state index contributed by atoms with van der Waals surface area (Å²) in [6, 6.07) is 12.8. The summed E-state index contributed by atoms with van der Waals surface area (Å²) in [6.07, 6.45) is 2.64. The first-order valence-electron chi connectivity index (χ1n) is 7.44. The predicted molar refractivity (Wildman–Crippen MR) is 93.3 cm³/mol. The number of oxime groups is 1. The van der Waals surface area contributed by atoms with E-state index in [4.69, 9.17) is 9.57 Å². The van der Waals surface area contributed by atoms with Crippen molar-refractivity contribution in [3.05, 3.63) is 53.6 Å². The SMILES string of the molecule is CON=C1CCc2cc(NS(C)(=O)=O)c(Oc3ccccc3)cc21. The number of benzene rings is 2. The fourth-order valence-electron chi connectivity index (χ4n) is 2.67. The standard InChI is InChI=1S/C17H18N2O4S/c1-22-18-15-9-8-12-10-16(19-24(2,20)21)17(11-14(12)15)23-13-6-4-3-5-7-13/h3-7,10-11,19H,8-9H2,1-2H3. The van der Waals surface area contributed by atoms with Crippen LogP contribution in [0.2, 0.25) is 0 Å². The van der Waals surface area contributed by atoms with Gasteiger partial charge in [-0.25, -0.2) is 8.42 Å². The minimum Gasteiger partial charge on any atom is -0.455 e. The zero-order valence-corrected chi connectivity index (χ0v) is 14.3. The Hall–Kier alpha value is -2.54. The molecule has 6 nitrogen and oxygen atoms in total. The highest BCUT2D eigenvalue weighted by molar-refractivity contribution is 7.92. The van der Waals surface area contributed by atoms with Crippen molar-refractivity contribution < 1.29 is 18.0 Å². The number of sulfonamides is 1. The molecule has 24 heavy (non-hydrogen) atoms. The van der Waals surface area contributed by atoms with Gasteiger partial charge in [-0.15, -0.1) is 0 Å². The largest absolute Gasteiger partial charge is 0.455 e. The summed E-state index contributed by atoms with van der Waals surface area (Å²) in [4.78, 5) is 4.89. The van der Waals surface area contributed by atoms with Gasteiger partial charge in [0.25, 0.3) is 0 Å². The summed E-state index contributed by atoms with van der Waals surface area (Å²) < 4.78 is 31.7. The Morgan fingerprint density at radius 1 is 1.12 bits per heavy atom. The average Bonchev–Trinajstić information content (AvgIpc) is 2.90. The van der Waals surface area contributed by atoms with Crippen LogP contribution in [-0.4, -0.2) is 27.5 Å². The highest BCUT2D eigenvalue weighted by Gasteiger charge is 2.23. The molecule has 7 heteroatoms. The molecule has 0 fully saturated rings. The van der Waals surface area contributed by atoms with Gasteiger partial charge in [0, 0.05) is 5.56 Å². The van der Waals surface area contributed by atoms with Gasteiger partial charge in [0.05, 0.1) is 17.7 Å². The van der Waals surface area contributed by atoms with Crippen LogP contribution in [0.3, 0.4) is 0 Å². The van der Waals surface area contributed by atoms with Crippen molar-refractivity contribution in [2.24, 2.45) is 5.16 Å². The van der Waals surface area contributed by atoms with Crippen LogP contribution < -0.4 is 9.46 Å².